The van der Waals surface area contributed by atoms with Crippen molar-refractivity contribution in [2.24, 2.45) is 0 Å². The number of allylic oxidation sites excluding steroid dienone is 1. The number of benzene rings is 3. The fourth-order valence-electron chi connectivity index (χ4n) is 5.41. The van der Waals surface area contributed by atoms with E-state index < -0.39 is 0 Å². The Labute approximate surface area is 223 Å². The Morgan fingerprint density at radius 1 is 0.763 bits per heavy atom. The highest BCUT2D eigenvalue weighted by Crippen LogP contribution is 2.48. The molecular weight excluding hydrogens is 480 g/mol. The third-order valence-electron chi connectivity index (χ3n) is 7.42. The molecule has 6 rings (SSSR count). The molecule has 0 bridgehead atoms. The molecule has 3 aliphatic heterocycles. The Bertz CT molecular complexity index is 1290. The molecule has 0 amide bonds. The molecule has 3 aromatic rings. The standard InChI is InChI=1S/C32H34O6/c1-21-27-20-26(37-30-10-3-5-18-35-30)15-16-28(27)38-32(22-11-13-24(33)14-12-22)31(21)23-7-6-8-25(19-23)36-29-9-2-4-17-34-29/h6-8,11-16,19-20,29-30,32-33H,2-5,9-10,17-18H2,1H3. The van der Waals surface area contributed by atoms with Gasteiger partial charge in [-0.05, 0) is 91.8 Å². The summed E-state index contributed by atoms with van der Waals surface area (Å²) in [5.41, 5.74) is 5.11. The minimum absolute atomic E-state index is 0.212. The van der Waals surface area contributed by atoms with Crippen LogP contribution >= 0.6 is 0 Å². The zero-order valence-electron chi connectivity index (χ0n) is 21.7. The maximum absolute atomic E-state index is 9.90. The molecular formula is C32H34O6. The smallest absolute Gasteiger partial charge is 0.199 e. The van der Waals surface area contributed by atoms with Crippen molar-refractivity contribution in [1.29, 1.82) is 0 Å². The molecule has 6 heteroatoms. The molecule has 2 saturated heterocycles. The lowest BCUT2D eigenvalue weighted by molar-refractivity contribution is -0.106. The number of hydrogen-bond donors (Lipinski definition) is 1. The van der Waals surface area contributed by atoms with Gasteiger partial charge in [0, 0.05) is 24.0 Å². The van der Waals surface area contributed by atoms with E-state index in [4.69, 9.17) is 23.7 Å². The maximum atomic E-state index is 9.90. The highest BCUT2D eigenvalue weighted by atomic mass is 16.7. The van der Waals surface area contributed by atoms with Gasteiger partial charge in [-0.15, -0.1) is 0 Å². The van der Waals surface area contributed by atoms with Crippen molar-refractivity contribution < 1.29 is 28.8 Å². The summed E-state index contributed by atoms with van der Waals surface area (Å²) in [6, 6.07) is 21.3. The Morgan fingerprint density at radius 2 is 1.45 bits per heavy atom. The molecule has 3 aromatic carbocycles. The van der Waals surface area contributed by atoms with E-state index in [9.17, 15) is 5.11 Å². The molecule has 198 valence electrons. The van der Waals surface area contributed by atoms with Crippen molar-refractivity contribution in [3.63, 3.8) is 0 Å². The first-order chi connectivity index (χ1) is 18.6. The van der Waals surface area contributed by atoms with Gasteiger partial charge in [0.15, 0.2) is 12.6 Å². The second-order valence-electron chi connectivity index (χ2n) is 10.1. The van der Waals surface area contributed by atoms with Crippen molar-refractivity contribution in [3.8, 4) is 23.0 Å². The molecule has 38 heavy (non-hydrogen) atoms. The van der Waals surface area contributed by atoms with Crippen molar-refractivity contribution in [2.45, 2.75) is 64.1 Å². The highest BCUT2D eigenvalue weighted by Gasteiger charge is 2.30. The molecule has 3 atom stereocenters. The first-order valence-corrected chi connectivity index (χ1v) is 13.6. The summed E-state index contributed by atoms with van der Waals surface area (Å²) in [5.74, 6) is 2.56. The summed E-state index contributed by atoms with van der Waals surface area (Å²) < 4.78 is 30.6. The van der Waals surface area contributed by atoms with Gasteiger partial charge in [0.25, 0.3) is 0 Å². The van der Waals surface area contributed by atoms with Gasteiger partial charge in [-0.25, -0.2) is 0 Å². The predicted molar refractivity (Wildman–Crippen MR) is 145 cm³/mol. The number of phenols is 1. The van der Waals surface area contributed by atoms with Crippen LogP contribution < -0.4 is 14.2 Å². The maximum Gasteiger partial charge on any atom is 0.199 e. The van der Waals surface area contributed by atoms with Crippen LogP contribution in [0.15, 0.2) is 66.7 Å². The Kier molecular flexibility index (Phi) is 7.25. The summed E-state index contributed by atoms with van der Waals surface area (Å²) in [5, 5.41) is 9.90. The minimum atomic E-state index is -0.349. The van der Waals surface area contributed by atoms with Crippen LogP contribution in [0.5, 0.6) is 23.0 Å². The van der Waals surface area contributed by atoms with E-state index in [1.165, 1.54) is 0 Å². The number of aromatic hydroxyl groups is 1. The van der Waals surface area contributed by atoms with E-state index in [0.29, 0.717) is 0 Å². The van der Waals surface area contributed by atoms with E-state index in [0.717, 1.165) is 96.8 Å². The second kappa shape index (κ2) is 11.1. The number of phenolic OH excluding ortho intramolecular Hbond substituents is 1. The van der Waals surface area contributed by atoms with E-state index in [2.05, 4.69) is 19.1 Å². The third-order valence-corrected chi connectivity index (χ3v) is 7.42. The van der Waals surface area contributed by atoms with Gasteiger partial charge in [0.2, 0.25) is 0 Å². The average Bonchev–Trinajstić information content (AvgIpc) is 2.95. The predicted octanol–water partition coefficient (Wildman–Crippen LogP) is 7.27. The van der Waals surface area contributed by atoms with Gasteiger partial charge in [-0.3, -0.25) is 0 Å². The average molecular weight is 515 g/mol. The molecule has 0 spiro atoms. The van der Waals surface area contributed by atoms with Gasteiger partial charge >= 0.3 is 0 Å². The van der Waals surface area contributed by atoms with Crippen LogP contribution in [0.2, 0.25) is 0 Å². The summed E-state index contributed by atoms with van der Waals surface area (Å²) in [6.07, 6.45) is 5.40. The van der Waals surface area contributed by atoms with Crippen LogP contribution in [0, 0.1) is 0 Å². The Balaban J connectivity index is 1.37. The number of hydrogen-bond acceptors (Lipinski definition) is 6. The number of ether oxygens (including phenoxy) is 5. The lowest BCUT2D eigenvalue weighted by Crippen LogP contribution is -2.25. The fourth-order valence-corrected chi connectivity index (χ4v) is 5.41. The highest BCUT2D eigenvalue weighted by molar-refractivity contribution is 5.96. The topological polar surface area (TPSA) is 66.4 Å². The molecule has 3 heterocycles. The monoisotopic (exact) mass is 514 g/mol. The van der Waals surface area contributed by atoms with Crippen molar-refractivity contribution in [2.75, 3.05) is 13.2 Å². The van der Waals surface area contributed by atoms with Gasteiger partial charge in [0.05, 0.1) is 13.2 Å². The normalized spacial score (nSPS) is 23.3. The van der Waals surface area contributed by atoms with E-state index in [-0.39, 0.29) is 24.4 Å². The lowest BCUT2D eigenvalue weighted by atomic mass is 9.86. The SMILES string of the molecule is CC1=C(c2cccc(OC3CCCCO3)c2)C(c2ccc(O)cc2)Oc2ccc(OC3CCCCO3)cc21. The van der Waals surface area contributed by atoms with Crippen LogP contribution in [-0.4, -0.2) is 30.9 Å². The first kappa shape index (κ1) is 24.8. The summed E-state index contributed by atoms with van der Waals surface area (Å²) in [4.78, 5) is 0. The molecule has 0 aromatic heterocycles. The summed E-state index contributed by atoms with van der Waals surface area (Å²) in [6.45, 7) is 3.60. The van der Waals surface area contributed by atoms with E-state index in [1.54, 1.807) is 12.1 Å². The van der Waals surface area contributed by atoms with Crippen molar-refractivity contribution in [3.05, 3.63) is 83.4 Å². The molecule has 6 nitrogen and oxygen atoms in total. The molecule has 3 aliphatic rings. The largest absolute Gasteiger partial charge is 0.508 e. The molecule has 0 saturated carbocycles. The van der Waals surface area contributed by atoms with Crippen LogP contribution in [0.4, 0.5) is 0 Å². The van der Waals surface area contributed by atoms with Gasteiger partial charge in [-0.1, -0.05) is 24.3 Å². The Hall–Kier alpha value is -3.48. The summed E-state index contributed by atoms with van der Waals surface area (Å²) >= 11 is 0. The molecule has 3 unspecified atom stereocenters. The van der Waals surface area contributed by atoms with Crippen molar-refractivity contribution >= 4 is 11.1 Å². The first-order valence-electron chi connectivity index (χ1n) is 13.6. The molecule has 1 N–H and O–H groups in total. The minimum Gasteiger partial charge on any atom is -0.508 e. The number of fused-ring (bicyclic) bond motifs is 1. The molecule has 0 aliphatic carbocycles. The molecule has 2 fully saturated rings. The Morgan fingerprint density at radius 3 is 2.11 bits per heavy atom. The molecule has 0 radical (unpaired) electrons. The third kappa shape index (κ3) is 5.38. The van der Waals surface area contributed by atoms with Crippen LogP contribution in [0.25, 0.3) is 11.1 Å². The van der Waals surface area contributed by atoms with Crippen molar-refractivity contribution in [1.82, 2.24) is 0 Å². The quantitative estimate of drug-likeness (QED) is 0.373. The fraction of sp³-hybridized carbons (Fsp3) is 0.375. The second-order valence-corrected chi connectivity index (χ2v) is 10.1. The van der Waals surface area contributed by atoms with Crippen LogP contribution in [0.3, 0.4) is 0 Å². The van der Waals surface area contributed by atoms with Gasteiger partial charge in [-0.2, -0.15) is 0 Å². The van der Waals surface area contributed by atoms with E-state index >= 15 is 0 Å². The summed E-state index contributed by atoms with van der Waals surface area (Å²) in [7, 11) is 0. The lowest BCUT2D eigenvalue weighted by Gasteiger charge is -2.32. The zero-order valence-corrected chi connectivity index (χ0v) is 21.7. The van der Waals surface area contributed by atoms with Crippen LogP contribution in [-0.2, 0) is 9.47 Å². The van der Waals surface area contributed by atoms with Gasteiger partial charge < -0.3 is 28.8 Å². The number of rotatable bonds is 6. The van der Waals surface area contributed by atoms with Gasteiger partial charge in [0.1, 0.15) is 29.1 Å². The van der Waals surface area contributed by atoms with E-state index in [1.807, 2.05) is 42.5 Å². The van der Waals surface area contributed by atoms with Crippen LogP contribution in [0.1, 0.15) is 68.2 Å². The zero-order chi connectivity index (χ0) is 25.9.